The Labute approximate surface area is 145 Å². The van der Waals surface area contributed by atoms with Crippen molar-refractivity contribution >= 4 is 24.3 Å². The lowest BCUT2D eigenvalue weighted by molar-refractivity contribution is -0.143. The Morgan fingerprint density at radius 1 is 1.09 bits per heavy atom. The first-order valence-electron chi connectivity index (χ1n) is 7.94. The minimum Gasteiger partial charge on any atom is -0.354 e. The summed E-state index contributed by atoms with van der Waals surface area (Å²) in [6.45, 7) is 13.3. The third kappa shape index (κ3) is 10.2. The van der Waals surface area contributed by atoms with E-state index in [9.17, 15) is 9.59 Å². The predicted molar refractivity (Wildman–Crippen MR) is 95.4 cm³/mol. The molecular formula is C18H30O4S. The smallest absolute Gasteiger partial charge is 0.326 e. The van der Waals surface area contributed by atoms with Crippen molar-refractivity contribution in [1.82, 2.24) is 0 Å². The lowest BCUT2D eigenvalue weighted by atomic mass is 9.88. The van der Waals surface area contributed by atoms with Gasteiger partial charge in [0.1, 0.15) is 0 Å². The van der Waals surface area contributed by atoms with E-state index in [0.717, 1.165) is 12.8 Å². The summed E-state index contributed by atoms with van der Waals surface area (Å²) in [5, 5.41) is 0. The van der Waals surface area contributed by atoms with Crippen LogP contribution in [-0.2, 0) is 18.0 Å². The number of carbonyl (C=O) groups is 2. The maximum absolute atomic E-state index is 12.1. The van der Waals surface area contributed by atoms with Crippen molar-refractivity contribution in [2.24, 2.45) is 11.3 Å². The van der Waals surface area contributed by atoms with Crippen molar-refractivity contribution in [2.45, 2.75) is 67.7 Å². The van der Waals surface area contributed by atoms with Gasteiger partial charge in [-0.05, 0) is 53.9 Å². The Bertz CT molecular complexity index is 458. The van der Waals surface area contributed by atoms with Crippen LogP contribution in [0, 0.1) is 11.3 Å². The minimum absolute atomic E-state index is 0.249. The van der Waals surface area contributed by atoms with Gasteiger partial charge in [-0.15, -0.1) is 0 Å². The number of hydrogen-bond donors (Lipinski definition) is 0. The molecule has 0 aliphatic carbocycles. The van der Waals surface area contributed by atoms with Gasteiger partial charge in [-0.25, -0.2) is 0 Å². The highest BCUT2D eigenvalue weighted by molar-refractivity contribution is 7.90. The number of hydrogen-bond acceptors (Lipinski definition) is 5. The molecule has 0 aliphatic heterocycles. The van der Waals surface area contributed by atoms with Crippen LogP contribution in [0.1, 0.15) is 67.7 Å². The molecule has 0 spiro atoms. The average molecular weight is 343 g/mol. The molecule has 0 aromatic rings. The van der Waals surface area contributed by atoms with Crippen LogP contribution in [-0.4, -0.2) is 11.9 Å². The molecule has 0 aliphatic rings. The molecule has 0 bridgehead atoms. The van der Waals surface area contributed by atoms with E-state index in [0.29, 0.717) is 18.7 Å². The SMILES string of the molecule is CC(C)=CCCC(C)=CCC(C)(C)C(=O)OSOC(=O)C(C)C. The Morgan fingerprint density at radius 2 is 1.70 bits per heavy atom. The topological polar surface area (TPSA) is 52.6 Å². The monoisotopic (exact) mass is 342 g/mol. The van der Waals surface area contributed by atoms with Gasteiger partial charge in [0.2, 0.25) is 0 Å². The van der Waals surface area contributed by atoms with Gasteiger partial charge in [0.25, 0.3) is 12.3 Å². The standard InChI is InChI=1S/C18H30O4S/c1-13(2)9-8-10-15(5)11-12-18(6,7)17(20)22-23-21-16(19)14(3)4/h9,11,14H,8,10,12H2,1-7H3. The quantitative estimate of drug-likeness (QED) is 0.415. The molecule has 4 nitrogen and oxygen atoms in total. The molecule has 0 rings (SSSR count). The van der Waals surface area contributed by atoms with Crippen molar-refractivity contribution in [3.63, 3.8) is 0 Å². The summed E-state index contributed by atoms with van der Waals surface area (Å²) in [6, 6.07) is 0. The molecule has 0 unspecified atom stereocenters. The van der Waals surface area contributed by atoms with Crippen LogP contribution in [0.3, 0.4) is 0 Å². The number of rotatable bonds is 9. The fourth-order valence-corrected chi connectivity index (χ4v) is 2.07. The second-order valence-corrected chi connectivity index (χ2v) is 7.42. The van der Waals surface area contributed by atoms with Crippen LogP contribution in [0.15, 0.2) is 23.3 Å². The Balaban J connectivity index is 4.31. The maximum Gasteiger partial charge on any atom is 0.326 e. The summed E-state index contributed by atoms with van der Waals surface area (Å²) in [7, 11) is 0. The van der Waals surface area contributed by atoms with Crippen LogP contribution in [0.25, 0.3) is 0 Å². The molecular weight excluding hydrogens is 312 g/mol. The van der Waals surface area contributed by atoms with Crippen LogP contribution in [0.5, 0.6) is 0 Å². The summed E-state index contributed by atoms with van der Waals surface area (Å²) in [5.41, 5.74) is 1.91. The molecule has 0 amide bonds. The van der Waals surface area contributed by atoms with Gasteiger partial charge in [-0.3, -0.25) is 9.59 Å². The van der Waals surface area contributed by atoms with Gasteiger partial charge in [-0.1, -0.05) is 37.1 Å². The van der Waals surface area contributed by atoms with Crippen LogP contribution < -0.4 is 0 Å². The normalized spacial score (nSPS) is 12.1. The Hall–Kier alpha value is -1.23. The summed E-state index contributed by atoms with van der Waals surface area (Å²) < 4.78 is 9.75. The first-order chi connectivity index (χ1) is 10.6. The van der Waals surface area contributed by atoms with Crippen molar-refractivity contribution in [1.29, 1.82) is 0 Å². The van der Waals surface area contributed by atoms with Crippen molar-refractivity contribution in [3.05, 3.63) is 23.3 Å². The van der Waals surface area contributed by atoms with E-state index in [4.69, 9.17) is 8.37 Å². The van der Waals surface area contributed by atoms with Gasteiger partial charge < -0.3 is 8.37 Å². The highest BCUT2D eigenvalue weighted by Crippen LogP contribution is 2.27. The lowest BCUT2D eigenvalue weighted by Gasteiger charge is -2.19. The molecule has 0 atom stereocenters. The second-order valence-electron chi connectivity index (χ2n) is 6.95. The van der Waals surface area contributed by atoms with Gasteiger partial charge in [-0.2, -0.15) is 0 Å². The zero-order valence-electron chi connectivity index (χ0n) is 15.4. The van der Waals surface area contributed by atoms with E-state index in [2.05, 4.69) is 32.9 Å². The number of carbonyl (C=O) groups excluding carboxylic acids is 2. The highest BCUT2D eigenvalue weighted by atomic mass is 32.2. The third-order valence-corrected chi connectivity index (χ3v) is 3.75. The summed E-state index contributed by atoms with van der Waals surface area (Å²) in [5.74, 6) is -1.05. The van der Waals surface area contributed by atoms with Gasteiger partial charge in [0, 0.05) is 0 Å². The molecule has 0 aromatic heterocycles. The highest BCUT2D eigenvalue weighted by Gasteiger charge is 2.29. The van der Waals surface area contributed by atoms with Gasteiger partial charge >= 0.3 is 11.9 Å². The van der Waals surface area contributed by atoms with Crippen LogP contribution in [0.2, 0.25) is 0 Å². The molecule has 0 aromatic carbocycles. The third-order valence-electron chi connectivity index (χ3n) is 3.30. The minimum atomic E-state index is -0.658. The summed E-state index contributed by atoms with van der Waals surface area (Å²) in [6.07, 6.45) is 6.86. The molecule has 5 heteroatoms. The van der Waals surface area contributed by atoms with Crippen LogP contribution in [0.4, 0.5) is 0 Å². The first-order valence-corrected chi connectivity index (χ1v) is 8.61. The van der Waals surface area contributed by atoms with Crippen molar-refractivity contribution < 1.29 is 18.0 Å². The fraction of sp³-hybridized carbons (Fsp3) is 0.667. The second kappa shape index (κ2) is 10.5. The molecule has 0 heterocycles. The summed E-state index contributed by atoms with van der Waals surface area (Å²) in [4.78, 5) is 23.3. The lowest BCUT2D eigenvalue weighted by Crippen LogP contribution is -2.24. The fourth-order valence-electron chi connectivity index (χ4n) is 1.49. The molecule has 132 valence electrons. The zero-order chi connectivity index (χ0) is 18.0. The van der Waals surface area contributed by atoms with Crippen molar-refractivity contribution in [3.8, 4) is 0 Å². The molecule has 0 radical (unpaired) electrons. The van der Waals surface area contributed by atoms with E-state index in [1.54, 1.807) is 13.8 Å². The molecule has 23 heavy (non-hydrogen) atoms. The van der Waals surface area contributed by atoms with Crippen molar-refractivity contribution in [2.75, 3.05) is 0 Å². The maximum atomic E-state index is 12.1. The molecule has 0 fully saturated rings. The van der Waals surface area contributed by atoms with E-state index in [1.165, 1.54) is 11.1 Å². The van der Waals surface area contributed by atoms with E-state index < -0.39 is 17.4 Å². The average Bonchev–Trinajstić information content (AvgIpc) is 2.44. The summed E-state index contributed by atoms with van der Waals surface area (Å²) >= 11 is 0.448. The van der Waals surface area contributed by atoms with E-state index >= 15 is 0 Å². The largest absolute Gasteiger partial charge is 0.354 e. The Kier molecular flexibility index (Phi) is 9.96. The van der Waals surface area contributed by atoms with Gasteiger partial charge in [0.05, 0.1) is 11.3 Å². The van der Waals surface area contributed by atoms with Gasteiger partial charge in [0.15, 0.2) is 0 Å². The first kappa shape index (κ1) is 21.8. The Morgan fingerprint density at radius 3 is 2.22 bits per heavy atom. The zero-order valence-corrected chi connectivity index (χ0v) is 16.2. The molecule has 0 saturated heterocycles. The van der Waals surface area contributed by atoms with E-state index in [-0.39, 0.29) is 5.92 Å². The molecule has 0 N–H and O–H groups in total. The predicted octanol–water partition coefficient (Wildman–Crippen LogP) is 5.40. The number of allylic oxidation sites excluding steroid dienone is 4. The van der Waals surface area contributed by atoms with Crippen LogP contribution >= 0.6 is 12.3 Å². The molecule has 0 saturated carbocycles. The van der Waals surface area contributed by atoms with E-state index in [1.807, 2.05) is 13.8 Å².